The molecule has 3 fully saturated rings. The monoisotopic (exact) mass is 211 g/mol. The van der Waals surface area contributed by atoms with E-state index in [1.807, 2.05) is 6.92 Å². The lowest BCUT2D eigenvalue weighted by Crippen LogP contribution is -2.48. The van der Waals surface area contributed by atoms with Crippen molar-refractivity contribution in [2.24, 2.45) is 16.0 Å². The lowest BCUT2D eigenvalue weighted by Gasteiger charge is -2.51. The van der Waals surface area contributed by atoms with Crippen LogP contribution in [0.3, 0.4) is 0 Å². The smallest absolute Gasteiger partial charge is 0.309 e. The number of fused-ring (bicyclic) bond motifs is 3. The standard InChI is InChI=1S/C11H17NO3/c1-8(12-15)10-2-5-11(6-3-10,7-4-10)9(13)14/h15H,2-7H2,1H3,(H,13,14)/b12-8+. The van der Waals surface area contributed by atoms with Crippen molar-refractivity contribution in [2.75, 3.05) is 0 Å². The molecule has 0 heterocycles. The fourth-order valence-electron chi connectivity index (χ4n) is 3.16. The Hall–Kier alpha value is -1.06. The largest absolute Gasteiger partial charge is 0.481 e. The van der Waals surface area contributed by atoms with E-state index in [0.717, 1.165) is 44.2 Å². The first kappa shape index (κ1) is 10.5. The molecule has 0 unspecified atom stereocenters. The summed E-state index contributed by atoms with van der Waals surface area (Å²) >= 11 is 0. The number of carboxylic acid groups (broad SMARTS) is 1. The fraction of sp³-hybridized carbons (Fsp3) is 0.818. The number of aliphatic carboxylic acids is 1. The van der Waals surface area contributed by atoms with Crippen molar-refractivity contribution < 1.29 is 15.1 Å². The van der Waals surface area contributed by atoms with Gasteiger partial charge in [-0.05, 0) is 45.4 Å². The molecule has 0 aromatic rings. The van der Waals surface area contributed by atoms with Crippen LogP contribution < -0.4 is 0 Å². The molecule has 4 heteroatoms. The highest BCUT2D eigenvalue weighted by atomic mass is 16.4. The highest BCUT2D eigenvalue weighted by molar-refractivity contribution is 5.88. The Morgan fingerprint density at radius 3 is 1.80 bits per heavy atom. The van der Waals surface area contributed by atoms with Crippen LogP contribution in [0.15, 0.2) is 5.16 Å². The molecule has 0 saturated heterocycles. The Morgan fingerprint density at radius 1 is 1.07 bits per heavy atom. The second kappa shape index (κ2) is 3.22. The lowest BCUT2D eigenvalue weighted by atomic mass is 9.52. The van der Waals surface area contributed by atoms with E-state index < -0.39 is 11.4 Å². The summed E-state index contributed by atoms with van der Waals surface area (Å²) in [5, 5.41) is 21.4. The van der Waals surface area contributed by atoms with Gasteiger partial charge in [0.05, 0.1) is 11.1 Å². The molecule has 2 bridgehead atoms. The summed E-state index contributed by atoms with van der Waals surface area (Å²) in [5.74, 6) is -0.644. The Kier molecular flexibility index (Phi) is 2.24. The topological polar surface area (TPSA) is 69.9 Å². The minimum absolute atomic E-state index is 0.00799. The van der Waals surface area contributed by atoms with Gasteiger partial charge in [0.25, 0.3) is 0 Å². The molecule has 0 aromatic carbocycles. The Morgan fingerprint density at radius 2 is 1.47 bits per heavy atom. The van der Waals surface area contributed by atoms with Crippen LogP contribution in [0.1, 0.15) is 45.4 Å². The van der Waals surface area contributed by atoms with Crippen LogP contribution >= 0.6 is 0 Å². The third-order valence-electron chi connectivity index (χ3n) is 4.62. The normalized spacial score (nSPS) is 40.5. The van der Waals surface area contributed by atoms with Crippen molar-refractivity contribution >= 4 is 11.7 Å². The quantitative estimate of drug-likeness (QED) is 0.418. The zero-order valence-corrected chi connectivity index (χ0v) is 8.99. The van der Waals surface area contributed by atoms with E-state index in [9.17, 15) is 9.90 Å². The van der Waals surface area contributed by atoms with Crippen LogP contribution in [-0.2, 0) is 4.79 Å². The van der Waals surface area contributed by atoms with Crippen molar-refractivity contribution in [3.63, 3.8) is 0 Å². The molecule has 2 N–H and O–H groups in total. The average molecular weight is 211 g/mol. The van der Waals surface area contributed by atoms with Gasteiger partial charge in [-0.25, -0.2) is 0 Å². The van der Waals surface area contributed by atoms with Gasteiger partial charge in [0.1, 0.15) is 0 Å². The summed E-state index contributed by atoms with van der Waals surface area (Å²) < 4.78 is 0. The molecular formula is C11H17NO3. The van der Waals surface area contributed by atoms with Crippen LogP contribution in [0.25, 0.3) is 0 Å². The van der Waals surface area contributed by atoms with Crippen molar-refractivity contribution in [1.29, 1.82) is 0 Å². The first-order valence-electron chi connectivity index (χ1n) is 5.47. The third-order valence-corrected chi connectivity index (χ3v) is 4.62. The summed E-state index contributed by atoms with van der Waals surface area (Å²) in [6.45, 7) is 1.85. The van der Waals surface area contributed by atoms with E-state index in [1.54, 1.807) is 0 Å². The number of hydrogen-bond donors (Lipinski definition) is 2. The molecule has 0 amide bonds. The summed E-state index contributed by atoms with van der Waals surface area (Å²) in [4.78, 5) is 11.2. The molecule has 0 aliphatic heterocycles. The van der Waals surface area contributed by atoms with E-state index in [0.29, 0.717) is 0 Å². The fourth-order valence-corrected chi connectivity index (χ4v) is 3.16. The maximum Gasteiger partial charge on any atom is 0.309 e. The first-order chi connectivity index (χ1) is 7.05. The van der Waals surface area contributed by atoms with Crippen LogP contribution in [0.4, 0.5) is 0 Å². The Balaban J connectivity index is 2.21. The number of rotatable bonds is 2. The molecular weight excluding hydrogens is 194 g/mol. The number of oxime groups is 1. The minimum atomic E-state index is -0.644. The molecule has 0 aromatic heterocycles. The number of carbonyl (C=O) groups is 1. The maximum atomic E-state index is 11.2. The predicted octanol–water partition coefficient (Wildman–Crippen LogP) is 2.26. The molecule has 0 atom stereocenters. The molecule has 3 aliphatic rings. The minimum Gasteiger partial charge on any atom is -0.481 e. The molecule has 4 nitrogen and oxygen atoms in total. The van der Waals surface area contributed by atoms with Crippen LogP contribution in [-0.4, -0.2) is 22.0 Å². The molecule has 0 radical (unpaired) electrons. The van der Waals surface area contributed by atoms with Gasteiger partial charge in [-0.2, -0.15) is 0 Å². The van der Waals surface area contributed by atoms with Crippen LogP contribution in [0.5, 0.6) is 0 Å². The van der Waals surface area contributed by atoms with Gasteiger partial charge in [0.2, 0.25) is 0 Å². The average Bonchev–Trinajstić information content (AvgIpc) is 2.30. The second-order valence-corrected chi connectivity index (χ2v) is 5.05. The van der Waals surface area contributed by atoms with Crippen molar-refractivity contribution in [3.8, 4) is 0 Å². The van der Waals surface area contributed by atoms with Crippen molar-refractivity contribution in [1.82, 2.24) is 0 Å². The highest BCUT2D eigenvalue weighted by Gasteiger charge is 2.53. The summed E-state index contributed by atoms with van der Waals surface area (Å²) in [6.07, 6.45) is 4.76. The maximum absolute atomic E-state index is 11.2. The number of hydrogen-bond acceptors (Lipinski definition) is 3. The van der Waals surface area contributed by atoms with E-state index in [-0.39, 0.29) is 5.41 Å². The zero-order chi connectivity index (χ0) is 11.1. The summed E-state index contributed by atoms with van der Waals surface area (Å²) in [5.41, 5.74) is 0.296. The molecule has 3 aliphatic carbocycles. The second-order valence-electron chi connectivity index (χ2n) is 5.05. The zero-order valence-electron chi connectivity index (χ0n) is 8.99. The molecule has 15 heavy (non-hydrogen) atoms. The lowest BCUT2D eigenvalue weighted by molar-refractivity contribution is -0.156. The molecule has 3 rings (SSSR count). The summed E-state index contributed by atoms with van der Waals surface area (Å²) in [6, 6.07) is 0. The van der Waals surface area contributed by atoms with Gasteiger partial charge in [-0.3, -0.25) is 4.79 Å². The first-order valence-corrected chi connectivity index (χ1v) is 5.47. The van der Waals surface area contributed by atoms with Crippen molar-refractivity contribution in [3.05, 3.63) is 0 Å². The van der Waals surface area contributed by atoms with Crippen molar-refractivity contribution in [2.45, 2.75) is 45.4 Å². The van der Waals surface area contributed by atoms with Gasteiger partial charge in [-0.15, -0.1) is 0 Å². The van der Waals surface area contributed by atoms with Gasteiger partial charge < -0.3 is 10.3 Å². The predicted molar refractivity (Wildman–Crippen MR) is 55.1 cm³/mol. The Bertz CT molecular complexity index is 297. The SMILES string of the molecule is C/C(=N\O)C12CCC(C(=O)O)(CC1)CC2. The number of nitrogens with zero attached hydrogens (tertiary/aromatic N) is 1. The van der Waals surface area contributed by atoms with E-state index >= 15 is 0 Å². The molecule has 0 spiro atoms. The van der Waals surface area contributed by atoms with Crippen LogP contribution in [0.2, 0.25) is 0 Å². The van der Waals surface area contributed by atoms with Crippen LogP contribution in [0, 0.1) is 10.8 Å². The number of carboxylic acids is 1. The van der Waals surface area contributed by atoms with E-state index in [4.69, 9.17) is 5.21 Å². The molecule has 3 saturated carbocycles. The van der Waals surface area contributed by atoms with Gasteiger partial charge in [-0.1, -0.05) is 5.16 Å². The summed E-state index contributed by atoms with van der Waals surface area (Å²) in [7, 11) is 0. The van der Waals surface area contributed by atoms with Gasteiger partial charge in [0.15, 0.2) is 0 Å². The highest BCUT2D eigenvalue weighted by Crippen LogP contribution is 2.57. The molecule has 84 valence electrons. The van der Waals surface area contributed by atoms with E-state index in [2.05, 4.69) is 5.16 Å². The van der Waals surface area contributed by atoms with Gasteiger partial charge in [0, 0.05) is 5.41 Å². The van der Waals surface area contributed by atoms with Gasteiger partial charge >= 0.3 is 5.97 Å². The third kappa shape index (κ3) is 1.34. The Labute approximate surface area is 89.0 Å². The van der Waals surface area contributed by atoms with E-state index in [1.165, 1.54) is 0 Å².